The lowest BCUT2D eigenvalue weighted by molar-refractivity contribution is 0.0333. The van der Waals surface area contributed by atoms with Gasteiger partial charge in [-0.15, -0.1) is 0 Å². The van der Waals surface area contributed by atoms with Gasteiger partial charge in [-0.25, -0.2) is 8.78 Å². The number of benzene rings is 1. The second-order valence-electron chi connectivity index (χ2n) is 6.02. The highest BCUT2D eigenvalue weighted by atomic mass is 19.1. The molecule has 0 bridgehead atoms. The highest BCUT2D eigenvalue weighted by Crippen LogP contribution is 2.34. The summed E-state index contributed by atoms with van der Waals surface area (Å²) in [5.74, 6) is -1.65. The molecule has 6 heteroatoms. The van der Waals surface area contributed by atoms with Crippen LogP contribution >= 0.6 is 0 Å². The molecule has 0 aliphatic carbocycles. The molecular formula is C18H18F2N2O2. The lowest BCUT2D eigenvalue weighted by atomic mass is 9.82. The molecule has 0 atom stereocenters. The average molecular weight is 332 g/mol. The highest BCUT2D eigenvalue weighted by molar-refractivity contribution is 5.94. The molecule has 1 aliphatic heterocycles. The first-order valence-electron chi connectivity index (χ1n) is 7.78. The highest BCUT2D eigenvalue weighted by Gasteiger charge is 2.38. The molecule has 1 fully saturated rings. The van der Waals surface area contributed by atoms with E-state index >= 15 is 0 Å². The molecule has 1 aromatic carbocycles. The van der Waals surface area contributed by atoms with Gasteiger partial charge < -0.3 is 10.1 Å². The summed E-state index contributed by atoms with van der Waals surface area (Å²) in [5, 5.41) is 2.93. The fraction of sp³-hybridized carbons (Fsp3) is 0.333. The molecule has 2 heterocycles. The van der Waals surface area contributed by atoms with Crippen LogP contribution in [0.1, 0.15) is 34.3 Å². The topological polar surface area (TPSA) is 51.2 Å². The van der Waals surface area contributed by atoms with E-state index in [2.05, 4.69) is 10.3 Å². The Morgan fingerprint density at radius 2 is 1.96 bits per heavy atom. The first kappa shape index (κ1) is 16.5. The number of ether oxygens (including phenoxy) is 1. The Morgan fingerprint density at radius 3 is 2.62 bits per heavy atom. The van der Waals surface area contributed by atoms with Crippen molar-refractivity contribution in [2.45, 2.75) is 25.3 Å². The van der Waals surface area contributed by atoms with E-state index < -0.39 is 17.2 Å². The number of aromatic nitrogens is 1. The van der Waals surface area contributed by atoms with Gasteiger partial charge in [0.25, 0.3) is 5.91 Å². The maximum absolute atomic E-state index is 14.4. The molecule has 3 rings (SSSR count). The molecule has 1 aromatic heterocycles. The minimum absolute atomic E-state index is 0.279. The minimum atomic E-state index is -0.920. The Morgan fingerprint density at radius 1 is 1.21 bits per heavy atom. The zero-order valence-electron chi connectivity index (χ0n) is 13.3. The van der Waals surface area contributed by atoms with E-state index in [0.717, 1.165) is 11.6 Å². The van der Waals surface area contributed by atoms with Crippen LogP contribution < -0.4 is 5.32 Å². The van der Waals surface area contributed by atoms with Gasteiger partial charge >= 0.3 is 0 Å². The molecule has 24 heavy (non-hydrogen) atoms. The number of carbonyl (C=O) groups is 1. The number of halogens is 2. The second-order valence-corrected chi connectivity index (χ2v) is 6.02. The molecule has 0 unspecified atom stereocenters. The Kier molecular flexibility index (Phi) is 4.57. The predicted octanol–water partition coefficient (Wildman–Crippen LogP) is 3.10. The van der Waals surface area contributed by atoms with Crippen LogP contribution in [-0.2, 0) is 10.3 Å². The van der Waals surface area contributed by atoms with Crippen LogP contribution in [0.15, 0.2) is 36.7 Å². The van der Waals surface area contributed by atoms with Crippen LogP contribution in [0.5, 0.6) is 0 Å². The number of aryl methyl sites for hydroxylation is 1. The van der Waals surface area contributed by atoms with Crippen LogP contribution in [0, 0.1) is 18.6 Å². The standard InChI is InChI=1S/C18H18F2N2O2/c1-12-8-13(11-21-10-12)17(23)22-18(4-6-24-7-5-18)15-3-2-14(19)9-16(15)20/h2-3,8-11H,4-7H2,1H3,(H,22,23). The summed E-state index contributed by atoms with van der Waals surface area (Å²) in [5.41, 5.74) is 0.623. The summed E-state index contributed by atoms with van der Waals surface area (Å²) in [6.07, 6.45) is 3.96. The zero-order chi connectivity index (χ0) is 17.2. The zero-order valence-corrected chi connectivity index (χ0v) is 13.3. The van der Waals surface area contributed by atoms with Crippen LogP contribution in [0.25, 0.3) is 0 Å². The summed E-state index contributed by atoms with van der Waals surface area (Å²) in [6.45, 7) is 2.62. The van der Waals surface area contributed by atoms with Crippen molar-refractivity contribution in [2.24, 2.45) is 0 Å². The number of nitrogens with zero attached hydrogens (tertiary/aromatic N) is 1. The van der Waals surface area contributed by atoms with Crippen molar-refractivity contribution in [3.05, 3.63) is 65.0 Å². The van der Waals surface area contributed by atoms with Gasteiger partial charge in [0.05, 0.1) is 11.1 Å². The quantitative estimate of drug-likeness (QED) is 0.940. The largest absolute Gasteiger partial charge is 0.381 e. The van der Waals surface area contributed by atoms with Crippen molar-refractivity contribution in [3.8, 4) is 0 Å². The van der Waals surface area contributed by atoms with Crippen LogP contribution in [0.4, 0.5) is 8.78 Å². The molecule has 1 N–H and O–H groups in total. The normalized spacial score (nSPS) is 16.6. The lowest BCUT2D eigenvalue weighted by Crippen LogP contribution is -2.50. The van der Waals surface area contributed by atoms with E-state index in [-0.39, 0.29) is 11.5 Å². The van der Waals surface area contributed by atoms with Crippen molar-refractivity contribution >= 4 is 5.91 Å². The molecule has 126 valence electrons. The number of hydrogen-bond acceptors (Lipinski definition) is 3. The third kappa shape index (κ3) is 3.28. The molecule has 2 aromatic rings. The Bertz CT molecular complexity index is 758. The van der Waals surface area contributed by atoms with Gasteiger partial charge in [-0.05, 0) is 37.5 Å². The Hall–Kier alpha value is -2.34. The van der Waals surface area contributed by atoms with Gasteiger partial charge in [0.15, 0.2) is 0 Å². The maximum atomic E-state index is 14.4. The summed E-state index contributed by atoms with van der Waals surface area (Å²) in [6, 6.07) is 5.16. The second kappa shape index (κ2) is 6.65. The third-order valence-electron chi connectivity index (χ3n) is 4.28. The SMILES string of the molecule is Cc1cncc(C(=O)NC2(c3ccc(F)cc3F)CCOCC2)c1. The van der Waals surface area contributed by atoms with Crippen LogP contribution in [-0.4, -0.2) is 24.1 Å². The van der Waals surface area contributed by atoms with Crippen LogP contribution in [0.3, 0.4) is 0 Å². The molecule has 1 amide bonds. The van der Waals surface area contributed by atoms with Crippen molar-refractivity contribution in [3.63, 3.8) is 0 Å². The molecule has 0 saturated carbocycles. The van der Waals surface area contributed by atoms with Gasteiger partial charge in [0.2, 0.25) is 0 Å². The third-order valence-corrected chi connectivity index (χ3v) is 4.28. The van der Waals surface area contributed by atoms with Crippen molar-refractivity contribution in [2.75, 3.05) is 13.2 Å². The van der Waals surface area contributed by atoms with E-state index in [1.165, 1.54) is 18.3 Å². The number of hydrogen-bond donors (Lipinski definition) is 1. The first-order valence-corrected chi connectivity index (χ1v) is 7.78. The number of rotatable bonds is 3. The van der Waals surface area contributed by atoms with Crippen LogP contribution in [0.2, 0.25) is 0 Å². The predicted molar refractivity (Wildman–Crippen MR) is 84.5 cm³/mol. The smallest absolute Gasteiger partial charge is 0.253 e. The molecule has 4 nitrogen and oxygen atoms in total. The number of amides is 1. The van der Waals surface area contributed by atoms with Gasteiger partial charge in [0, 0.05) is 37.2 Å². The number of carbonyl (C=O) groups excluding carboxylic acids is 1. The molecule has 0 radical (unpaired) electrons. The summed E-state index contributed by atoms with van der Waals surface area (Å²) < 4.78 is 33.0. The minimum Gasteiger partial charge on any atom is -0.381 e. The first-order chi connectivity index (χ1) is 11.5. The van der Waals surface area contributed by atoms with Gasteiger partial charge in [-0.2, -0.15) is 0 Å². The van der Waals surface area contributed by atoms with Gasteiger partial charge in [0.1, 0.15) is 11.6 Å². The summed E-state index contributed by atoms with van der Waals surface area (Å²) in [7, 11) is 0. The van der Waals surface area contributed by atoms with E-state index in [1.54, 1.807) is 12.3 Å². The average Bonchev–Trinajstić information content (AvgIpc) is 2.55. The molecule has 1 aliphatic rings. The maximum Gasteiger partial charge on any atom is 0.253 e. The van der Waals surface area contributed by atoms with Gasteiger partial charge in [-0.1, -0.05) is 6.07 Å². The van der Waals surface area contributed by atoms with Gasteiger partial charge in [-0.3, -0.25) is 9.78 Å². The molecule has 1 saturated heterocycles. The molecule has 0 spiro atoms. The number of nitrogens with one attached hydrogen (secondary N) is 1. The van der Waals surface area contributed by atoms with E-state index in [0.29, 0.717) is 31.6 Å². The van der Waals surface area contributed by atoms with Crippen molar-refractivity contribution in [1.29, 1.82) is 0 Å². The van der Waals surface area contributed by atoms with E-state index in [9.17, 15) is 13.6 Å². The lowest BCUT2D eigenvalue weighted by Gasteiger charge is -2.38. The fourth-order valence-corrected chi connectivity index (χ4v) is 3.03. The fourth-order valence-electron chi connectivity index (χ4n) is 3.03. The summed E-state index contributed by atoms with van der Waals surface area (Å²) in [4.78, 5) is 16.6. The summed E-state index contributed by atoms with van der Waals surface area (Å²) >= 11 is 0. The molecular weight excluding hydrogens is 314 g/mol. The Labute approximate surface area is 138 Å². The van der Waals surface area contributed by atoms with Crippen molar-refractivity contribution in [1.82, 2.24) is 10.3 Å². The Balaban J connectivity index is 1.95. The number of pyridine rings is 1. The van der Waals surface area contributed by atoms with E-state index in [4.69, 9.17) is 4.74 Å². The monoisotopic (exact) mass is 332 g/mol. The van der Waals surface area contributed by atoms with E-state index in [1.807, 2.05) is 6.92 Å². The van der Waals surface area contributed by atoms with Crippen molar-refractivity contribution < 1.29 is 18.3 Å².